The van der Waals surface area contributed by atoms with E-state index in [0.717, 1.165) is 11.4 Å². The maximum Gasteiger partial charge on any atom is 0.305 e. The van der Waals surface area contributed by atoms with E-state index in [1.54, 1.807) is 28.9 Å². The molecule has 1 aromatic carbocycles. The second-order valence-electron chi connectivity index (χ2n) is 4.60. The van der Waals surface area contributed by atoms with Crippen LogP contribution in [-0.4, -0.2) is 5.91 Å². The topological polar surface area (TPSA) is 33.0 Å². The van der Waals surface area contributed by atoms with Crippen LogP contribution in [0, 0.1) is 20.8 Å². The molecule has 19 heavy (non-hydrogen) atoms. The minimum Gasteiger partial charge on any atom is -0.264 e. The molecule has 1 heterocycles. The molecule has 0 aliphatic heterocycles. The van der Waals surface area contributed by atoms with Crippen LogP contribution in [-0.2, 0) is 0 Å². The summed E-state index contributed by atoms with van der Waals surface area (Å²) in [6.45, 7) is 5.94. The zero-order chi connectivity index (χ0) is 14.0. The number of carbonyl (C=O) groups is 1. The Kier molecular flexibility index (Phi) is 3.86. The predicted molar refractivity (Wildman–Crippen MR) is 76.0 cm³/mol. The van der Waals surface area contributed by atoms with Crippen molar-refractivity contribution in [2.24, 2.45) is 0 Å². The summed E-state index contributed by atoms with van der Waals surface area (Å²) in [4.78, 5) is 12.2. The Bertz CT molecular complexity index is 615. The molecular formula is C15H16ClN2O+. The smallest absolute Gasteiger partial charge is 0.264 e. The molecule has 1 N–H and O–H groups in total. The Labute approximate surface area is 117 Å². The van der Waals surface area contributed by atoms with Crippen LogP contribution in [0.4, 0.5) is 0 Å². The Balaban J connectivity index is 2.29. The van der Waals surface area contributed by atoms with E-state index in [9.17, 15) is 4.79 Å². The molecule has 0 saturated carbocycles. The molecule has 0 aliphatic carbocycles. The summed E-state index contributed by atoms with van der Waals surface area (Å²) in [5.41, 5.74) is 6.54. The van der Waals surface area contributed by atoms with Crippen molar-refractivity contribution in [2.75, 3.05) is 5.43 Å². The molecule has 2 aromatic rings. The number of carbonyl (C=O) groups excluding carboxylic acids is 1. The predicted octanol–water partition coefficient (Wildman–Crippen LogP) is 2.94. The van der Waals surface area contributed by atoms with E-state index >= 15 is 0 Å². The highest BCUT2D eigenvalue weighted by atomic mass is 35.5. The van der Waals surface area contributed by atoms with Crippen LogP contribution in [0.15, 0.2) is 36.4 Å². The Morgan fingerprint density at radius 1 is 1.11 bits per heavy atom. The van der Waals surface area contributed by atoms with Crippen molar-refractivity contribution in [3.63, 3.8) is 0 Å². The molecule has 0 bridgehead atoms. The van der Waals surface area contributed by atoms with Crippen LogP contribution in [0.3, 0.4) is 0 Å². The van der Waals surface area contributed by atoms with E-state index in [0.29, 0.717) is 10.6 Å². The largest absolute Gasteiger partial charge is 0.305 e. The third-order valence-corrected chi connectivity index (χ3v) is 3.11. The van der Waals surface area contributed by atoms with Crippen molar-refractivity contribution >= 4 is 17.5 Å². The summed E-state index contributed by atoms with van der Waals surface area (Å²) < 4.78 is 1.77. The lowest BCUT2D eigenvalue weighted by molar-refractivity contribution is -0.654. The fourth-order valence-corrected chi connectivity index (χ4v) is 2.27. The van der Waals surface area contributed by atoms with Crippen molar-refractivity contribution in [3.8, 4) is 0 Å². The molecule has 98 valence electrons. The normalized spacial score (nSPS) is 10.3. The molecule has 0 spiro atoms. The van der Waals surface area contributed by atoms with Gasteiger partial charge in [0.15, 0.2) is 0 Å². The zero-order valence-corrected chi connectivity index (χ0v) is 12.0. The van der Waals surface area contributed by atoms with E-state index in [2.05, 4.69) is 5.43 Å². The van der Waals surface area contributed by atoms with Gasteiger partial charge in [0.05, 0.1) is 0 Å². The summed E-state index contributed by atoms with van der Waals surface area (Å²) in [6, 6.07) is 10.9. The molecule has 4 heteroatoms. The van der Waals surface area contributed by atoms with Gasteiger partial charge in [-0.1, -0.05) is 22.3 Å². The Morgan fingerprint density at radius 2 is 1.74 bits per heavy atom. The van der Waals surface area contributed by atoms with E-state index in [1.165, 1.54) is 5.56 Å². The van der Waals surface area contributed by atoms with Crippen molar-refractivity contribution in [2.45, 2.75) is 20.8 Å². The number of hydrogen-bond acceptors (Lipinski definition) is 1. The Hall–Kier alpha value is -1.87. The number of nitrogens with zero attached hydrogens (tertiary/aromatic N) is 1. The highest BCUT2D eigenvalue weighted by Crippen LogP contribution is 2.10. The lowest BCUT2D eigenvalue weighted by atomic mass is 10.2. The fraction of sp³-hybridized carbons (Fsp3) is 0.200. The highest BCUT2D eigenvalue weighted by molar-refractivity contribution is 6.31. The van der Waals surface area contributed by atoms with Gasteiger partial charge in [-0.15, -0.1) is 5.43 Å². The molecule has 1 amide bonds. The second kappa shape index (κ2) is 5.41. The van der Waals surface area contributed by atoms with E-state index in [-0.39, 0.29) is 5.91 Å². The van der Waals surface area contributed by atoms with E-state index in [1.807, 2.05) is 32.9 Å². The molecule has 0 atom stereocenters. The van der Waals surface area contributed by atoms with Gasteiger partial charge < -0.3 is 0 Å². The quantitative estimate of drug-likeness (QED) is 0.840. The van der Waals surface area contributed by atoms with Gasteiger partial charge in [0, 0.05) is 36.6 Å². The van der Waals surface area contributed by atoms with Crippen LogP contribution < -0.4 is 10.1 Å². The van der Waals surface area contributed by atoms with Crippen LogP contribution in [0.25, 0.3) is 0 Å². The van der Waals surface area contributed by atoms with E-state index in [4.69, 9.17) is 11.6 Å². The van der Waals surface area contributed by atoms with Gasteiger partial charge in [-0.2, -0.15) is 0 Å². The van der Waals surface area contributed by atoms with Crippen molar-refractivity contribution in [1.82, 2.24) is 0 Å². The SMILES string of the molecule is Cc1cc(C)[n+](NC(=O)c2cccc(Cl)c2)c(C)c1. The van der Waals surface area contributed by atoms with Crippen LogP contribution in [0.1, 0.15) is 27.3 Å². The van der Waals surface area contributed by atoms with Crippen molar-refractivity contribution < 1.29 is 9.47 Å². The van der Waals surface area contributed by atoms with Gasteiger partial charge in [0.2, 0.25) is 11.4 Å². The van der Waals surface area contributed by atoms with Crippen molar-refractivity contribution in [3.05, 3.63) is 63.9 Å². The number of nitrogens with one attached hydrogen (secondary N) is 1. The summed E-state index contributed by atoms with van der Waals surface area (Å²) in [6.07, 6.45) is 0. The molecule has 0 saturated heterocycles. The molecule has 3 nitrogen and oxygen atoms in total. The zero-order valence-electron chi connectivity index (χ0n) is 11.2. The third-order valence-electron chi connectivity index (χ3n) is 2.88. The first-order valence-electron chi connectivity index (χ1n) is 6.04. The maximum absolute atomic E-state index is 12.2. The summed E-state index contributed by atoms with van der Waals surface area (Å²) >= 11 is 5.89. The number of aryl methyl sites for hydroxylation is 3. The highest BCUT2D eigenvalue weighted by Gasteiger charge is 2.16. The molecule has 2 rings (SSSR count). The van der Waals surface area contributed by atoms with E-state index < -0.39 is 0 Å². The van der Waals surface area contributed by atoms with Crippen molar-refractivity contribution in [1.29, 1.82) is 0 Å². The first kappa shape index (κ1) is 13.6. The number of rotatable bonds is 2. The average molecular weight is 276 g/mol. The molecular weight excluding hydrogens is 260 g/mol. The van der Waals surface area contributed by atoms with Crippen LogP contribution in [0.5, 0.6) is 0 Å². The minimum atomic E-state index is -0.178. The number of halogens is 1. The molecule has 0 aliphatic rings. The fourth-order valence-electron chi connectivity index (χ4n) is 2.08. The van der Waals surface area contributed by atoms with Gasteiger partial charge in [-0.25, -0.2) is 0 Å². The molecule has 1 aromatic heterocycles. The Morgan fingerprint density at radius 3 is 2.32 bits per heavy atom. The third kappa shape index (κ3) is 3.12. The monoisotopic (exact) mass is 275 g/mol. The standard InChI is InChI=1S/C15H15ClN2O/c1-10-7-11(2)18(12(3)8-10)17-15(19)13-5-4-6-14(16)9-13/h4-9H,1-3H3/p+1. The van der Waals surface area contributed by atoms with Crippen LogP contribution in [0.2, 0.25) is 5.02 Å². The minimum absolute atomic E-state index is 0.178. The first-order valence-corrected chi connectivity index (χ1v) is 6.42. The molecule has 0 unspecified atom stereocenters. The second-order valence-corrected chi connectivity index (χ2v) is 5.04. The maximum atomic E-state index is 12.2. The lowest BCUT2D eigenvalue weighted by Gasteiger charge is -2.06. The lowest BCUT2D eigenvalue weighted by Crippen LogP contribution is -2.52. The number of amides is 1. The van der Waals surface area contributed by atoms with Gasteiger partial charge in [-0.05, 0) is 30.7 Å². The number of pyridine rings is 1. The van der Waals surface area contributed by atoms with Gasteiger partial charge >= 0.3 is 5.91 Å². The first-order chi connectivity index (χ1) is 8.97. The number of benzene rings is 1. The molecule has 0 radical (unpaired) electrons. The van der Waals surface area contributed by atoms with Gasteiger partial charge in [-0.3, -0.25) is 4.79 Å². The van der Waals surface area contributed by atoms with Gasteiger partial charge in [0.25, 0.3) is 0 Å². The average Bonchev–Trinajstić information content (AvgIpc) is 2.33. The number of aromatic nitrogens is 1. The summed E-state index contributed by atoms with van der Waals surface area (Å²) in [5, 5.41) is 0.551. The summed E-state index contributed by atoms with van der Waals surface area (Å²) in [5.74, 6) is -0.178. The summed E-state index contributed by atoms with van der Waals surface area (Å²) in [7, 11) is 0. The van der Waals surface area contributed by atoms with Crippen LogP contribution >= 0.6 is 11.6 Å². The number of hydrogen-bond donors (Lipinski definition) is 1. The van der Waals surface area contributed by atoms with Gasteiger partial charge in [0.1, 0.15) is 0 Å². The molecule has 0 fully saturated rings.